The highest BCUT2D eigenvalue weighted by atomic mass is 32.2. The van der Waals surface area contributed by atoms with E-state index in [1.807, 2.05) is 0 Å². The molecule has 0 saturated carbocycles. The second kappa shape index (κ2) is 8.23. The molecule has 2 aromatic carbocycles. The summed E-state index contributed by atoms with van der Waals surface area (Å²) in [6.07, 6.45) is -1.12. The Kier molecular flexibility index (Phi) is 6.44. The van der Waals surface area contributed by atoms with Gasteiger partial charge in [0.1, 0.15) is 0 Å². The SMILES string of the molecule is C[C@H](NC(=O)C(C)(C)C)c1ccccc1S(=O)(=O)C[C@@H](O)c1ccccc1. The lowest BCUT2D eigenvalue weighted by Crippen LogP contribution is -2.36. The molecule has 0 aliphatic carbocycles. The molecule has 0 fully saturated rings. The summed E-state index contributed by atoms with van der Waals surface area (Å²) in [7, 11) is -3.76. The molecule has 0 aromatic heterocycles. The van der Waals surface area contributed by atoms with Crippen LogP contribution >= 0.6 is 0 Å². The van der Waals surface area contributed by atoms with Crippen LogP contribution < -0.4 is 5.32 Å². The molecule has 2 atom stereocenters. The zero-order chi connectivity index (χ0) is 20.2. The lowest BCUT2D eigenvalue weighted by atomic mass is 9.94. The van der Waals surface area contributed by atoms with Crippen LogP contribution in [0, 0.1) is 5.41 Å². The van der Waals surface area contributed by atoms with Crippen molar-refractivity contribution in [3.05, 3.63) is 65.7 Å². The van der Waals surface area contributed by atoms with Gasteiger partial charge < -0.3 is 10.4 Å². The number of rotatable bonds is 6. The van der Waals surface area contributed by atoms with Crippen molar-refractivity contribution >= 4 is 15.7 Å². The number of nitrogens with one attached hydrogen (secondary N) is 1. The van der Waals surface area contributed by atoms with E-state index < -0.39 is 33.2 Å². The first-order valence-corrected chi connectivity index (χ1v) is 10.5. The first-order chi connectivity index (χ1) is 12.5. The molecular weight excluding hydrogens is 362 g/mol. The highest BCUT2D eigenvalue weighted by Gasteiger charge is 2.28. The quantitative estimate of drug-likeness (QED) is 0.793. The van der Waals surface area contributed by atoms with Gasteiger partial charge in [-0.3, -0.25) is 4.79 Å². The lowest BCUT2D eigenvalue weighted by molar-refractivity contribution is -0.129. The lowest BCUT2D eigenvalue weighted by Gasteiger charge is -2.24. The standard InChI is InChI=1S/C21H27NO4S/c1-15(22-20(24)21(2,3)4)17-12-8-9-13-19(17)27(25,26)14-18(23)16-10-6-5-7-11-16/h5-13,15,18,23H,14H2,1-4H3,(H,22,24)/t15-,18+/m0/s1. The normalized spacial score (nSPS) is 14.4. The number of hydrogen-bond acceptors (Lipinski definition) is 4. The van der Waals surface area contributed by atoms with Gasteiger partial charge in [-0.2, -0.15) is 0 Å². The molecule has 6 heteroatoms. The Hall–Kier alpha value is -2.18. The summed E-state index contributed by atoms with van der Waals surface area (Å²) < 4.78 is 25.9. The summed E-state index contributed by atoms with van der Waals surface area (Å²) in [5.74, 6) is -0.583. The smallest absolute Gasteiger partial charge is 0.225 e. The van der Waals surface area contributed by atoms with Crippen molar-refractivity contribution in [2.24, 2.45) is 5.41 Å². The first-order valence-electron chi connectivity index (χ1n) is 8.88. The topological polar surface area (TPSA) is 83.5 Å². The Bertz CT molecular complexity index is 886. The molecule has 1 amide bonds. The molecule has 27 heavy (non-hydrogen) atoms. The van der Waals surface area contributed by atoms with Crippen molar-refractivity contribution in [1.82, 2.24) is 5.32 Å². The number of benzene rings is 2. The van der Waals surface area contributed by atoms with Gasteiger partial charge in [-0.15, -0.1) is 0 Å². The van der Waals surface area contributed by atoms with Crippen LogP contribution in [-0.2, 0) is 14.6 Å². The Morgan fingerprint density at radius 3 is 2.19 bits per heavy atom. The fraction of sp³-hybridized carbons (Fsp3) is 0.381. The average Bonchev–Trinajstić information content (AvgIpc) is 2.61. The molecule has 2 aromatic rings. The predicted molar refractivity (Wildman–Crippen MR) is 106 cm³/mol. The van der Waals surface area contributed by atoms with E-state index in [0.717, 1.165) is 0 Å². The molecule has 0 aliphatic heterocycles. The van der Waals surface area contributed by atoms with Gasteiger partial charge in [0.15, 0.2) is 9.84 Å². The van der Waals surface area contributed by atoms with E-state index in [-0.39, 0.29) is 10.8 Å². The van der Waals surface area contributed by atoms with Gasteiger partial charge in [0.25, 0.3) is 0 Å². The summed E-state index contributed by atoms with van der Waals surface area (Å²) in [6.45, 7) is 7.15. The number of sulfone groups is 1. The maximum Gasteiger partial charge on any atom is 0.225 e. The van der Waals surface area contributed by atoms with Crippen LogP contribution in [0.2, 0.25) is 0 Å². The van der Waals surface area contributed by atoms with Gasteiger partial charge in [-0.25, -0.2) is 8.42 Å². The first kappa shape index (κ1) is 21.1. The van der Waals surface area contributed by atoms with Gasteiger partial charge >= 0.3 is 0 Å². The Balaban J connectivity index is 2.29. The molecular formula is C21H27NO4S. The number of carbonyl (C=O) groups is 1. The zero-order valence-corrected chi connectivity index (χ0v) is 17.0. The van der Waals surface area contributed by atoms with E-state index in [1.165, 1.54) is 6.07 Å². The molecule has 0 unspecified atom stereocenters. The largest absolute Gasteiger partial charge is 0.387 e. The molecule has 2 rings (SSSR count). The van der Waals surface area contributed by atoms with Crippen LogP contribution in [0.1, 0.15) is 51.0 Å². The van der Waals surface area contributed by atoms with Crippen molar-refractivity contribution in [2.45, 2.75) is 44.7 Å². The third-order valence-electron chi connectivity index (χ3n) is 4.31. The third kappa shape index (κ3) is 5.40. The van der Waals surface area contributed by atoms with Gasteiger partial charge in [0.05, 0.1) is 22.8 Å². The van der Waals surface area contributed by atoms with Crippen molar-refractivity contribution in [1.29, 1.82) is 0 Å². The van der Waals surface area contributed by atoms with Crippen molar-refractivity contribution in [2.75, 3.05) is 5.75 Å². The van der Waals surface area contributed by atoms with Crippen LogP contribution in [0.5, 0.6) is 0 Å². The van der Waals surface area contributed by atoms with Gasteiger partial charge in [-0.05, 0) is 24.1 Å². The molecule has 2 N–H and O–H groups in total. The van der Waals surface area contributed by atoms with Crippen LogP contribution in [-0.4, -0.2) is 25.2 Å². The second-order valence-electron chi connectivity index (χ2n) is 7.69. The van der Waals surface area contributed by atoms with E-state index in [1.54, 1.807) is 76.2 Å². The van der Waals surface area contributed by atoms with Crippen molar-refractivity contribution in [3.8, 4) is 0 Å². The zero-order valence-electron chi connectivity index (χ0n) is 16.1. The average molecular weight is 390 g/mol. The maximum atomic E-state index is 13.0. The summed E-state index contributed by atoms with van der Waals surface area (Å²) in [5.41, 5.74) is 0.481. The monoisotopic (exact) mass is 389 g/mol. The highest BCUT2D eigenvalue weighted by molar-refractivity contribution is 7.91. The molecule has 0 radical (unpaired) electrons. The van der Waals surface area contributed by atoms with E-state index in [9.17, 15) is 18.3 Å². The number of amides is 1. The fourth-order valence-electron chi connectivity index (χ4n) is 2.68. The van der Waals surface area contributed by atoms with E-state index in [2.05, 4.69) is 5.32 Å². The number of aliphatic hydroxyl groups is 1. The van der Waals surface area contributed by atoms with Crippen molar-refractivity contribution in [3.63, 3.8) is 0 Å². The molecule has 5 nitrogen and oxygen atoms in total. The Morgan fingerprint density at radius 1 is 1.04 bits per heavy atom. The summed E-state index contributed by atoms with van der Waals surface area (Å²) in [4.78, 5) is 12.4. The second-order valence-corrected chi connectivity index (χ2v) is 9.69. The molecule has 146 valence electrons. The summed E-state index contributed by atoms with van der Waals surface area (Å²) >= 11 is 0. The Morgan fingerprint density at radius 2 is 1.59 bits per heavy atom. The number of carbonyl (C=O) groups excluding carboxylic acids is 1. The van der Waals surface area contributed by atoms with E-state index >= 15 is 0 Å². The van der Waals surface area contributed by atoms with Crippen LogP contribution in [0.25, 0.3) is 0 Å². The van der Waals surface area contributed by atoms with Gasteiger partial charge in [-0.1, -0.05) is 69.3 Å². The predicted octanol–water partition coefficient (Wildman–Crippen LogP) is 3.42. The van der Waals surface area contributed by atoms with Crippen LogP contribution in [0.3, 0.4) is 0 Å². The summed E-state index contributed by atoms with van der Waals surface area (Å²) in [6, 6.07) is 14.8. The van der Waals surface area contributed by atoms with Crippen molar-refractivity contribution < 1.29 is 18.3 Å². The highest BCUT2D eigenvalue weighted by Crippen LogP contribution is 2.27. The maximum absolute atomic E-state index is 13.0. The molecule has 0 heterocycles. The minimum atomic E-state index is -3.76. The summed E-state index contributed by atoms with van der Waals surface area (Å²) in [5, 5.41) is 13.2. The molecule has 0 aliphatic rings. The van der Waals surface area contributed by atoms with Gasteiger partial charge in [0, 0.05) is 5.41 Å². The minimum absolute atomic E-state index is 0.127. The fourth-order valence-corrected chi connectivity index (χ4v) is 4.36. The number of hydrogen-bond donors (Lipinski definition) is 2. The number of aliphatic hydroxyl groups excluding tert-OH is 1. The minimum Gasteiger partial charge on any atom is -0.387 e. The molecule has 0 bridgehead atoms. The molecule has 0 spiro atoms. The van der Waals surface area contributed by atoms with E-state index in [4.69, 9.17) is 0 Å². The van der Waals surface area contributed by atoms with Crippen LogP contribution in [0.4, 0.5) is 0 Å². The third-order valence-corrected chi connectivity index (χ3v) is 6.11. The van der Waals surface area contributed by atoms with Gasteiger partial charge in [0.2, 0.25) is 5.91 Å². The Labute approximate surface area is 161 Å². The van der Waals surface area contributed by atoms with E-state index in [0.29, 0.717) is 11.1 Å². The molecule has 0 saturated heterocycles. The van der Waals surface area contributed by atoms with Crippen LogP contribution in [0.15, 0.2) is 59.5 Å².